The number of thioether (sulfide) groups is 1. The maximum absolute atomic E-state index is 5.91. The number of benzene rings is 1. The van der Waals surface area contributed by atoms with E-state index in [0.717, 1.165) is 29.7 Å². The number of hydrogen-bond acceptors (Lipinski definition) is 4. The zero-order valence-corrected chi connectivity index (χ0v) is 13.8. The van der Waals surface area contributed by atoms with Crippen molar-refractivity contribution in [1.29, 1.82) is 0 Å². The molecule has 1 aromatic heterocycles. The van der Waals surface area contributed by atoms with Crippen molar-refractivity contribution in [2.75, 3.05) is 0 Å². The molecule has 1 aliphatic rings. The van der Waals surface area contributed by atoms with Crippen molar-refractivity contribution < 1.29 is 0 Å². The summed E-state index contributed by atoms with van der Waals surface area (Å²) in [6, 6.07) is 7.89. The van der Waals surface area contributed by atoms with Crippen LogP contribution < -0.4 is 5.32 Å². The summed E-state index contributed by atoms with van der Waals surface area (Å²) < 4.78 is 0. The normalized spacial score (nSPS) is 13.7. The van der Waals surface area contributed by atoms with Crippen LogP contribution in [0.25, 0.3) is 0 Å². The number of rotatable bonds is 4. The zero-order chi connectivity index (χ0) is 14.8. The minimum atomic E-state index is 0.431. The number of nitrogens with zero attached hydrogens (tertiary/aromatic N) is 2. The smallest absolute Gasteiger partial charge is 0.139 e. The van der Waals surface area contributed by atoms with Crippen molar-refractivity contribution >= 4 is 23.4 Å². The molecular weight excluding hydrogens is 302 g/mol. The molecule has 1 aromatic carbocycles. The fourth-order valence-corrected chi connectivity index (χ4v) is 3.35. The molecule has 1 N–H and O–H groups in total. The zero-order valence-electron chi connectivity index (χ0n) is 12.2. The number of aromatic nitrogens is 2. The van der Waals surface area contributed by atoms with E-state index >= 15 is 0 Å². The molecular formula is C16H18ClN3S. The lowest BCUT2D eigenvalue weighted by atomic mass is 10.0. The van der Waals surface area contributed by atoms with E-state index in [9.17, 15) is 0 Å². The van der Waals surface area contributed by atoms with Crippen LogP contribution in [0.5, 0.6) is 0 Å². The number of fused-ring (bicyclic) bond motifs is 1. The molecule has 21 heavy (non-hydrogen) atoms. The molecule has 0 saturated heterocycles. The van der Waals surface area contributed by atoms with Gasteiger partial charge in [0.15, 0.2) is 0 Å². The van der Waals surface area contributed by atoms with E-state index in [1.54, 1.807) is 11.8 Å². The van der Waals surface area contributed by atoms with E-state index in [4.69, 9.17) is 21.6 Å². The quantitative estimate of drug-likeness (QED) is 0.859. The third-order valence-electron chi connectivity index (χ3n) is 3.49. The van der Waals surface area contributed by atoms with Crippen LogP contribution in [0.4, 0.5) is 0 Å². The van der Waals surface area contributed by atoms with Crippen molar-refractivity contribution in [2.24, 2.45) is 0 Å². The molecule has 0 atom stereocenters. The van der Waals surface area contributed by atoms with Gasteiger partial charge in [-0.15, -0.1) is 11.8 Å². The molecule has 2 heterocycles. The molecule has 3 rings (SSSR count). The lowest BCUT2D eigenvalue weighted by molar-refractivity contribution is 0.746. The first-order chi connectivity index (χ1) is 10.1. The van der Waals surface area contributed by atoms with E-state index in [2.05, 4.69) is 19.2 Å². The summed E-state index contributed by atoms with van der Waals surface area (Å²) in [5, 5.41) is 4.13. The molecule has 0 bridgehead atoms. The standard InChI is InChI=1S/C16H18ClN3S/c1-10(2)16-13-7-18-8-14(13)19-15(20-16)9-21-12-5-3-11(17)4-6-12/h3-6,10,18H,7-9H2,1-2H3. The van der Waals surface area contributed by atoms with Crippen LogP contribution in [-0.2, 0) is 18.8 Å². The van der Waals surface area contributed by atoms with Gasteiger partial charge >= 0.3 is 0 Å². The van der Waals surface area contributed by atoms with Crippen LogP contribution in [0.15, 0.2) is 29.2 Å². The van der Waals surface area contributed by atoms with E-state index < -0.39 is 0 Å². The van der Waals surface area contributed by atoms with Crippen molar-refractivity contribution in [3.63, 3.8) is 0 Å². The van der Waals surface area contributed by atoms with Crippen molar-refractivity contribution in [2.45, 2.75) is 43.5 Å². The van der Waals surface area contributed by atoms with Gasteiger partial charge in [-0.1, -0.05) is 25.4 Å². The molecule has 0 unspecified atom stereocenters. The summed E-state index contributed by atoms with van der Waals surface area (Å²) in [6.07, 6.45) is 0. The molecule has 0 fully saturated rings. The highest BCUT2D eigenvalue weighted by Crippen LogP contribution is 2.27. The molecule has 2 aromatic rings. The number of nitrogens with one attached hydrogen (secondary N) is 1. The highest BCUT2D eigenvalue weighted by molar-refractivity contribution is 7.98. The highest BCUT2D eigenvalue weighted by Gasteiger charge is 2.20. The Morgan fingerprint density at radius 1 is 1.19 bits per heavy atom. The Labute approximate surface area is 134 Å². The van der Waals surface area contributed by atoms with Gasteiger partial charge in [0.1, 0.15) is 5.82 Å². The minimum absolute atomic E-state index is 0.431. The van der Waals surface area contributed by atoms with Gasteiger partial charge in [0.05, 0.1) is 17.1 Å². The molecule has 3 nitrogen and oxygen atoms in total. The first kappa shape index (κ1) is 14.8. The lowest BCUT2D eigenvalue weighted by Crippen LogP contribution is -2.06. The monoisotopic (exact) mass is 319 g/mol. The Bertz CT molecular complexity index is 641. The van der Waals surface area contributed by atoms with Crippen LogP contribution in [0.3, 0.4) is 0 Å². The number of halogens is 1. The van der Waals surface area contributed by atoms with Gasteiger partial charge in [0.2, 0.25) is 0 Å². The molecule has 0 saturated carbocycles. The first-order valence-electron chi connectivity index (χ1n) is 7.11. The third kappa shape index (κ3) is 3.39. The average molecular weight is 320 g/mol. The highest BCUT2D eigenvalue weighted by atomic mass is 35.5. The summed E-state index contributed by atoms with van der Waals surface area (Å²) in [7, 11) is 0. The second-order valence-electron chi connectivity index (χ2n) is 5.45. The molecule has 1 aliphatic heterocycles. The molecule has 0 radical (unpaired) electrons. The van der Waals surface area contributed by atoms with Gasteiger partial charge in [0, 0.05) is 28.6 Å². The van der Waals surface area contributed by atoms with Gasteiger partial charge in [-0.25, -0.2) is 9.97 Å². The predicted octanol–water partition coefficient (Wildman–Crippen LogP) is 4.15. The molecule has 0 aliphatic carbocycles. The maximum Gasteiger partial charge on any atom is 0.139 e. The summed E-state index contributed by atoms with van der Waals surface area (Å²) in [6.45, 7) is 6.14. The van der Waals surface area contributed by atoms with Crippen molar-refractivity contribution in [3.8, 4) is 0 Å². The van der Waals surface area contributed by atoms with E-state index in [1.165, 1.54) is 21.8 Å². The summed E-state index contributed by atoms with van der Waals surface area (Å²) in [5.74, 6) is 2.14. The largest absolute Gasteiger partial charge is 0.307 e. The van der Waals surface area contributed by atoms with Gasteiger partial charge in [-0.05, 0) is 30.2 Å². The maximum atomic E-state index is 5.91. The van der Waals surface area contributed by atoms with Crippen LogP contribution >= 0.6 is 23.4 Å². The SMILES string of the molecule is CC(C)c1nc(CSc2ccc(Cl)cc2)nc2c1CNC2. The topological polar surface area (TPSA) is 37.8 Å². The van der Waals surface area contributed by atoms with Gasteiger partial charge < -0.3 is 5.32 Å². The Morgan fingerprint density at radius 3 is 2.67 bits per heavy atom. The number of hydrogen-bond donors (Lipinski definition) is 1. The van der Waals surface area contributed by atoms with E-state index in [1.807, 2.05) is 24.3 Å². The van der Waals surface area contributed by atoms with Crippen LogP contribution in [0, 0.1) is 0 Å². The summed E-state index contributed by atoms with van der Waals surface area (Å²) in [4.78, 5) is 10.7. The second kappa shape index (κ2) is 6.34. The van der Waals surface area contributed by atoms with Gasteiger partial charge in [0.25, 0.3) is 0 Å². The fourth-order valence-electron chi connectivity index (χ4n) is 2.47. The van der Waals surface area contributed by atoms with Gasteiger partial charge in [-0.2, -0.15) is 0 Å². The Morgan fingerprint density at radius 2 is 1.95 bits per heavy atom. The molecule has 0 spiro atoms. The van der Waals surface area contributed by atoms with Crippen molar-refractivity contribution in [3.05, 3.63) is 52.1 Å². The Balaban J connectivity index is 1.79. The Kier molecular flexibility index (Phi) is 4.48. The first-order valence-corrected chi connectivity index (χ1v) is 8.47. The van der Waals surface area contributed by atoms with Crippen LogP contribution in [0.1, 0.15) is 42.5 Å². The minimum Gasteiger partial charge on any atom is -0.307 e. The predicted molar refractivity (Wildman–Crippen MR) is 87.7 cm³/mol. The average Bonchev–Trinajstić information content (AvgIpc) is 2.94. The molecule has 110 valence electrons. The Hall–Kier alpha value is -1.10. The third-order valence-corrected chi connectivity index (χ3v) is 4.75. The van der Waals surface area contributed by atoms with E-state index in [-0.39, 0.29) is 0 Å². The summed E-state index contributed by atoms with van der Waals surface area (Å²) in [5.41, 5.74) is 3.65. The fraction of sp³-hybridized carbons (Fsp3) is 0.375. The lowest BCUT2D eigenvalue weighted by Gasteiger charge is -2.12. The second-order valence-corrected chi connectivity index (χ2v) is 6.94. The molecule has 5 heteroatoms. The van der Waals surface area contributed by atoms with Crippen LogP contribution in [-0.4, -0.2) is 9.97 Å². The van der Waals surface area contributed by atoms with Gasteiger partial charge in [-0.3, -0.25) is 0 Å². The summed E-state index contributed by atoms with van der Waals surface area (Å²) >= 11 is 7.65. The molecule has 0 amide bonds. The van der Waals surface area contributed by atoms with Crippen molar-refractivity contribution in [1.82, 2.24) is 15.3 Å². The van der Waals surface area contributed by atoms with Crippen LogP contribution in [0.2, 0.25) is 5.02 Å². The van der Waals surface area contributed by atoms with E-state index in [0.29, 0.717) is 5.92 Å².